The third-order valence-corrected chi connectivity index (χ3v) is 5.44. The molecule has 1 aromatic carbocycles. The summed E-state index contributed by atoms with van der Waals surface area (Å²) in [6.07, 6.45) is 4.19. The van der Waals surface area contributed by atoms with Crippen molar-refractivity contribution >= 4 is 22.5 Å². The zero-order valence-electron chi connectivity index (χ0n) is 15.1. The number of anilines is 1. The second-order valence-electron chi connectivity index (χ2n) is 7.23. The van der Waals surface area contributed by atoms with Gasteiger partial charge in [0.05, 0.1) is 23.8 Å². The van der Waals surface area contributed by atoms with E-state index in [0.29, 0.717) is 25.3 Å². The average Bonchev–Trinajstić information content (AvgIpc) is 3.33. The van der Waals surface area contributed by atoms with Crippen LogP contribution in [0.5, 0.6) is 0 Å². The summed E-state index contributed by atoms with van der Waals surface area (Å²) in [4.78, 5) is 20.6. The number of nitrogens with zero attached hydrogens (tertiary/aromatic N) is 4. The van der Waals surface area contributed by atoms with Gasteiger partial charge in [-0.15, -0.1) is 0 Å². The highest BCUT2D eigenvalue weighted by Crippen LogP contribution is 2.27. The zero-order chi connectivity index (χ0) is 18.8. The number of benzene rings is 1. The van der Waals surface area contributed by atoms with Crippen LogP contribution in [0.1, 0.15) is 19.3 Å². The van der Waals surface area contributed by atoms with E-state index in [2.05, 4.69) is 21.3 Å². The van der Waals surface area contributed by atoms with Crippen molar-refractivity contribution in [2.24, 2.45) is 0 Å². The molecule has 2 aromatic rings. The molecule has 6 nitrogen and oxygen atoms in total. The van der Waals surface area contributed by atoms with Crippen LogP contribution in [0.3, 0.4) is 0 Å². The SMILES string of the molecule is N#C[C@@H]1CCCN1C(=O)CN1CC[C@H](Nc2c(F)ccc3ncccc23)C1. The van der Waals surface area contributed by atoms with E-state index in [1.807, 2.05) is 6.07 Å². The normalized spacial score (nSPS) is 22.9. The van der Waals surface area contributed by atoms with E-state index >= 15 is 0 Å². The third-order valence-electron chi connectivity index (χ3n) is 5.44. The fourth-order valence-electron chi connectivity index (χ4n) is 4.05. The summed E-state index contributed by atoms with van der Waals surface area (Å²) in [7, 11) is 0. The van der Waals surface area contributed by atoms with Crippen LogP contribution in [0.2, 0.25) is 0 Å². The summed E-state index contributed by atoms with van der Waals surface area (Å²) in [6, 6.07) is 8.77. The van der Waals surface area contributed by atoms with Gasteiger partial charge in [-0.3, -0.25) is 14.7 Å². The molecule has 7 heteroatoms. The van der Waals surface area contributed by atoms with Crippen LogP contribution in [-0.2, 0) is 4.79 Å². The average molecular weight is 367 g/mol. The fourth-order valence-corrected chi connectivity index (χ4v) is 4.05. The number of hydrogen-bond acceptors (Lipinski definition) is 5. The molecule has 4 rings (SSSR count). The Morgan fingerprint density at radius 2 is 2.22 bits per heavy atom. The van der Waals surface area contributed by atoms with Gasteiger partial charge in [0.1, 0.15) is 11.9 Å². The first-order chi connectivity index (χ1) is 13.2. The molecule has 1 aromatic heterocycles. The van der Waals surface area contributed by atoms with Gasteiger partial charge in [0.15, 0.2) is 0 Å². The topological polar surface area (TPSA) is 72.3 Å². The molecule has 3 heterocycles. The van der Waals surface area contributed by atoms with Gasteiger partial charge in [-0.1, -0.05) is 0 Å². The first-order valence-corrected chi connectivity index (χ1v) is 9.37. The van der Waals surface area contributed by atoms with Gasteiger partial charge >= 0.3 is 0 Å². The number of amides is 1. The molecule has 2 fully saturated rings. The number of carbonyl (C=O) groups is 1. The van der Waals surface area contributed by atoms with Crippen molar-refractivity contribution in [3.8, 4) is 6.07 Å². The maximum Gasteiger partial charge on any atom is 0.237 e. The minimum Gasteiger partial charge on any atom is -0.378 e. The molecule has 2 saturated heterocycles. The van der Waals surface area contributed by atoms with Crippen LogP contribution >= 0.6 is 0 Å². The molecule has 27 heavy (non-hydrogen) atoms. The van der Waals surface area contributed by atoms with Gasteiger partial charge in [0, 0.05) is 37.3 Å². The molecule has 1 amide bonds. The lowest BCUT2D eigenvalue weighted by Crippen LogP contribution is -2.42. The van der Waals surface area contributed by atoms with Gasteiger partial charge in [-0.2, -0.15) is 5.26 Å². The number of rotatable bonds is 4. The number of aromatic nitrogens is 1. The third kappa shape index (κ3) is 3.58. The minimum atomic E-state index is -0.293. The lowest BCUT2D eigenvalue weighted by atomic mass is 10.1. The molecule has 2 atom stereocenters. The predicted octanol–water partition coefficient (Wildman–Crippen LogP) is 2.37. The Morgan fingerprint density at radius 1 is 1.33 bits per heavy atom. The zero-order valence-corrected chi connectivity index (χ0v) is 15.1. The first kappa shape index (κ1) is 17.7. The Bertz CT molecular complexity index is 896. The van der Waals surface area contributed by atoms with Crippen molar-refractivity contribution in [3.63, 3.8) is 0 Å². The molecule has 0 bridgehead atoms. The number of halogens is 1. The lowest BCUT2D eigenvalue weighted by molar-refractivity contribution is -0.132. The van der Waals surface area contributed by atoms with Gasteiger partial charge in [0.2, 0.25) is 5.91 Å². The van der Waals surface area contributed by atoms with Crippen molar-refractivity contribution in [1.82, 2.24) is 14.8 Å². The predicted molar refractivity (Wildman–Crippen MR) is 101 cm³/mol. The van der Waals surface area contributed by atoms with Crippen molar-refractivity contribution in [1.29, 1.82) is 5.26 Å². The molecule has 0 radical (unpaired) electrons. The van der Waals surface area contributed by atoms with E-state index in [1.54, 1.807) is 23.2 Å². The molecule has 0 aliphatic carbocycles. The maximum atomic E-state index is 14.4. The van der Waals surface area contributed by atoms with Gasteiger partial charge < -0.3 is 10.2 Å². The summed E-state index contributed by atoms with van der Waals surface area (Å²) in [6.45, 7) is 2.43. The highest BCUT2D eigenvalue weighted by Gasteiger charge is 2.31. The number of fused-ring (bicyclic) bond motifs is 1. The molecule has 2 aliphatic heterocycles. The van der Waals surface area contributed by atoms with Gasteiger partial charge in [-0.25, -0.2) is 4.39 Å². The van der Waals surface area contributed by atoms with Crippen molar-refractivity contribution < 1.29 is 9.18 Å². The summed E-state index contributed by atoms with van der Waals surface area (Å²) >= 11 is 0. The highest BCUT2D eigenvalue weighted by atomic mass is 19.1. The quantitative estimate of drug-likeness (QED) is 0.898. The second-order valence-corrected chi connectivity index (χ2v) is 7.23. The van der Waals surface area contributed by atoms with E-state index in [-0.39, 0.29) is 23.8 Å². The number of nitrogens with one attached hydrogen (secondary N) is 1. The van der Waals surface area contributed by atoms with Crippen molar-refractivity contribution in [3.05, 3.63) is 36.3 Å². The Labute approximate surface area is 157 Å². The Morgan fingerprint density at radius 3 is 3.07 bits per heavy atom. The Kier molecular flexibility index (Phi) is 4.90. The summed E-state index contributed by atoms with van der Waals surface area (Å²) < 4.78 is 14.4. The monoisotopic (exact) mass is 367 g/mol. The van der Waals surface area contributed by atoms with E-state index in [0.717, 1.165) is 36.7 Å². The van der Waals surface area contributed by atoms with E-state index in [4.69, 9.17) is 5.26 Å². The van der Waals surface area contributed by atoms with Gasteiger partial charge in [-0.05, 0) is 43.5 Å². The van der Waals surface area contributed by atoms with Crippen LogP contribution in [0.4, 0.5) is 10.1 Å². The van der Waals surface area contributed by atoms with Crippen LogP contribution in [0.15, 0.2) is 30.5 Å². The molecule has 0 spiro atoms. The van der Waals surface area contributed by atoms with Gasteiger partial charge in [0.25, 0.3) is 0 Å². The number of nitriles is 1. The number of hydrogen-bond donors (Lipinski definition) is 1. The van der Waals surface area contributed by atoms with E-state index in [1.165, 1.54) is 6.07 Å². The van der Waals surface area contributed by atoms with E-state index in [9.17, 15) is 9.18 Å². The Balaban J connectivity index is 1.40. The summed E-state index contributed by atoms with van der Waals surface area (Å²) in [5.74, 6) is -0.279. The second kappa shape index (κ2) is 7.49. The molecular weight excluding hydrogens is 345 g/mol. The molecule has 1 N–H and O–H groups in total. The Hall–Kier alpha value is -2.72. The van der Waals surface area contributed by atoms with Crippen LogP contribution in [-0.4, -0.2) is 59.0 Å². The number of pyridine rings is 1. The van der Waals surface area contributed by atoms with E-state index < -0.39 is 0 Å². The van der Waals surface area contributed by atoms with Crippen LogP contribution < -0.4 is 5.32 Å². The molecule has 140 valence electrons. The summed E-state index contributed by atoms with van der Waals surface area (Å²) in [5.41, 5.74) is 1.23. The highest BCUT2D eigenvalue weighted by molar-refractivity contribution is 5.91. The number of carbonyl (C=O) groups excluding carboxylic acids is 1. The largest absolute Gasteiger partial charge is 0.378 e. The van der Waals surface area contributed by atoms with Crippen LogP contribution in [0.25, 0.3) is 10.9 Å². The minimum absolute atomic E-state index is 0.0141. The number of likely N-dealkylation sites (tertiary alicyclic amines) is 2. The summed E-state index contributed by atoms with van der Waals surface area (Å²) in [5, 5.41) is 13.2. The standard InChI is InChI=1S/C20H22FN5O/c21-17-5-6-18-16(4-1-8-23-18)20(17)24-14-7-10-25(12-14)13-19(27)26-9-2-3-15(26)11-22/h1,4-6,8,14-15,24H,2-3,7,9-10,12-13H2/t14-,15-/m0/s1. The van der Waals surface area contributed by atoms with Crippen LogP contribution in [0, 0.1) is 17.1 Å². The molecular formula is C20H22FN5O. The molecule has 0 saturated carbocycles. The smallest absolute Gasteiger partial charge is 0.237 e. The molecule has 2 aliphatic rings. The van der Waals surface area contributed by atoms with Crippen molar-refractivity contribution in [2.45, 2.75) is 31.3 Å². The van der Waals surface area contributed by atoms with Crippen molar-refractivity contribution in [2.75, 3.05) is 31.5 Å². The maximum absolute atomic E-state index is 14.4. The first-order valence-electron chi connectivity index (χ1n) is 9.37. The molecule has 0 unspecified atom stereocenters. The fraction of sp³-hybridized carbons (Fsp3) is 0.450. The lowest BCUT2D eigenvalue weighted by Gasteiger charge is -2.23.